The van der Waals surface area contributed by atoms with Crippen molar-refractivity contribution in [1.82, 2.24) is 0 Å². The molecule has 0 heterocycles. The molecule has 0 saturated heterocycles. The number of quaternary nitrogens is 1. The van der Waals surface area contributed by atoms with Crippen LogP contribution in [0.5, 0.6) is 5.75 Å². The summed E-state index contributed by atoms with van der Waals surface area (Å²) in [5.41, 5.74) is 2.95. The molecule has 2 rings (SSSR count). The van der Waals surface area contributed by atoms with Crippen LogP contribution in [0.2, 0.25) is 0 Å². The fourth-order valence-corrected chi connectivity index (χ4v) is 3.77. The van der Waals surface area contributed by atoms with E-state index >= 15 is 0 Å². The molecule has 0 atom stereocenters. The lowest BCUT2D eigenvalue weighted by Gasteiger charge is -2.23. The first-order chi connectivity index (χ1) is 15.0. The Hall–Kier alpha value is -2.31. The van der Waals surface area contributed by atoms with Gasteiger partial charge in [-0.3, -0.25) is 0 Å². The summed E-state index contributed by atoms with van der Waals surface area (Å²) in [4.78, 5) is 0. The monoisotopic (exact) mass is 421 g/mol. The molecule has 0 aliphatic heterocycles. The molecule has 31 heavy (non-hydrogen) atoms. The highest BCUT2D eigenvalue weighted by Crippen LogP contribution is 2.23. The van der Waals surface area contributed by atoms with Gasteiger partial charge in [-0.05, 0) is 54.7 Å². The van der Waals surface area contributed by atoms with Gasteiger partial charge < -0.3 is 9.22 Å². The Bertz CT molecular complexity index is 767. The predicted octanol–water partition coefficient (Wildman–Crippen LogP) is 7.21. The molecule has 0 saturated carbocycles. The van der Waals surface area contributed by atoms with Gasteiger partial charge in [0, 0.05) is 0 Å². The van der Waals surface area contributed by atoms with Crippen molar-refractivity contribution in [3.63, 3.8) is 0 Å². The number of unbranched alkanes of at least 4 members (excludes halogenated alkanes) is 9. The Labute approximate surface area is 190 Å². The van der Waals surface area contributed by atoms with Crippen LogP contribution in [-0.4, -0.2) is 38.8 Å². The number of hydrogen-bond acceptors (Lipinski definition) is 2. The number of benzene rings is 2. The fourth-order valence-electron chi connectivity index (χ4n) is 3.77. The minimum absolute atomic E-state index is 0.690. The van der Waals surface area contributed by atoms with Gasteiger partial charge >= 0.3 is 0 Å². The van der Waals surface area contributed by atoms with Crippen LogP contribution in [0.25, 0.3) is 11.1 Å². The van der Waals surface area contributed by atoms with E-state index in [-0.39, 0.29) is 0 Å². The molecule has 0 aliphatic rings. The largest absolute Gasteiger partial charge is 0.494 e. The Morgan fingerprint density at radius 2 is 1.10 bits per heavy atom. The zero-order valence-corrected chi connectivity index (χ0v) is 19.9. The van der Waals surface area contributed by atoms with Gasteiger partial charge in [0.2, 0.25) is 0 Å². The van der Waals surface area contributed by atoms with Gasteiger partial charge in [-0.15, -0.1) is 0 Å². The molecule has 0 aliphatic carbocycles. The normalized spacial score (nSPS) is 11.3. The van der Waals surface area contributed by atoms with Crippen LogP contribution < -0.4 is 4.74 Å². The maximum Gasteiger partial charge on any atom is 0.119 e. The third-order valence-corrected chi connectivity index (χ3v) is 5.69. The van der Waals surface area contributed by atoms with Crippen molar-refractivity contribution in [3.05, 3.63) is 54.1 Å². The van der Waals surface area contributed by atoms with Crippen LogP contribution >= 0.6 is 0 Å². The lowest BCUT2D eigenvalue weighted by atomic mass is 10.0. The Kier molecular flexibility index (Phi) is 11.2. The molecule has 0 bridgehead atoms. The summed E-state index contributed by atoms with van der Waals surface area (Å²) in [6, 6.07) is 18.1. The van der Waals surface area contributed by atoms with E-state index in [0.29, 0.717) is 5.56 Å². The van der Waals surface area contributed by atoms with Gasteiger partial charge in [0.1, 0.15) is 5.75 Å². The molecule has 168 valence electrons. The molecule has 0 amide bonds. The summed E-state index contributed by atoms with van der Waals surface area (Å²) in [5, 5.41) is 8.90. The SMILES string of the molecule is C[N+](C)(C)CCCCCCCCCCCCOc1ccc(-c2ccc(C#N)cc2)cc1. The van der Waals surface area contributed by atoms with Crippen LogP contribution in [0.4, 0.5) is 0 Å². The van der Waals surface area contributed by atoms with Gasteiger partial charge in [0.05, 0.1) is 45.9 Å². The second kappa shape index (κ2) is 13.9. The van der Waals surface area contributed by atoms with E-state index in [1.54, 1.807) is 0 Å². The average Bonchev–Trinajstić information content (AvgIpc) is 2.76. The van der Waals surface area contributed by atoms with E-state index < -0.39 is 0 Å². The van der Waals surface area contributed by atoms with Gasteiger partial charge in [0.15, 0.2) is 0 Å². The minimum atomic E-state index is 0.690. The third kappa shape index (κ3) is 11.0. The highest BCUT2D eigenvalue weighted by molar-refractivity contribution is 5.64. The molecular weight excluding hydrogens is 380 g/mol. The van der Waals surface area contributed by atoms with Gasteiger partial charge in [-0.2, -0.15) is 5.26 Å². The van der Waals surface area contributed by atoms with E-state index in [1.807, 2.05) is 36.4 Å². The van der Waals surface area contributed by atoms with Crippen LogP contribution in [0.15, 0.2) is 48.5 Å². The molecule has 0 aromatic heterocycles. The van der Waals surface area contributed by atoms with Crippen molar-refractivity contribution in [1.29, 1.82) is 5.26 Å². The molecule has 2 aromatic carbocycles. The Morgan fingerprint density at radius 3 is 1.58 bits per heavy atom. The van der Waals surface area contributed by atoms with Crippen molar-refractivity contribution >= 4 is 0 Å². The van der Waals surface area contributed by atoms with Crippen molar-refractivity contribution < 1.29 is 9.22 Å². The predicted molar refractivity (Wildman–Crippen MR) is 131 cm³/mol. The van der Waals surface area contributed by atoms with Gasteiger partial charge in [-0.1, -0.05) is 69.2 Å². The highest BCUT2D eigenvalue weighted by atomic mass is 16.5. The number of hydrogen-bond donors (Lipinski definition) is 0. The molecule has 0 spiro atoms. The molecule has 3 heteroatoms. The summed E-state index contributed by atoms with van der Waals surface area (Å²) in [5.74, 6) is 0.933. The summed E-state index contributed by atoms with van der Waals surface area (Å²) >= 11 is 0. The summed E-state index contributed by atoms with van der Waals surface area (Å²) in [6.45, 7) is 2.09. The molecule has 3 nitrogen and oxygen atoms in total. The van der Waals surface area contributed by atoms with E-state index in [0.717, 1.165) is 34.4 Å². The molecular formula is C28H41N2O+. The minimum Gasteiger partial charge on any atom is -0.494 e. The van der Waals surface area contributed by atoms with E-state index in [9.17, 15) is 0 Å². The Balaban J connectivity index is 1.46. The van der Waals surface area contributed by atoms with Gasteiger partial charge in [-0.25, -0.2) is 0 Å². The van der Waals surface area contributed by atoms with Crippen LogP contribution in [0, 0.1) is 11.3 Å². The maximum atomic E-state index is 8.90. The standard InChI is InChI=1S/C28H41N2O/c1-30(2,3)22-12-10-8-6-4-5-7-9-11-13-23-31-28-20-18-27(19-21-28)26-16-14-25(24-29)15-17-26/h14-21H,4-13,22-23H2,1-3H3/q+1. The average molecular weight is 422 g/mol. The molecule has 2 aromatic rings. The van der Waals surface area contributed by atoms with Crippen LogP contribution in [0.1, 0.15) is 69.8 Å². The first-order valence-electron chi connectivity index (χ1n) is 12.0. The maximum absolute atomic E-state index is 8.90. The van der Waals surface area contributed by atoms with Crippen LogP contribution in [-0.2, 0) is 0 Å². The molecule has 0 fully saturated rings. The fraction of sp³-hybridized carbons (Fsp3) is 0.536. The zero-order chi connectivity index (χ0) is 22.4. The van der Waals surface area contributed by atoms with Gasteiger partial charge in [0.25, 0.3) is 0 Å². The number of nitrogens with zero attached hydrogens (tertiary/aromatic N) is 2. The second-order valence-electron chi connectivity index (χ2n) is 9.61. The summed E-state index contributed by atoms with van der Waals surface area (Å²) < 4.78 is 6.99. The first-order valence-corrected chi connectivity index (χ1v) is 12.0. The van der Waals surface area contributed by atoms with E-state index in [1.165, 1.54) is 64.3 Å². The van der Waals surface area contributed by atoms with Crippen molar-refractivity contribution in [3.8, 4) is 22.9 Å². The van der Waals surface area contributed by atoms with Crippen molar-refractivity contribution in [2.75, 3.05) is 34.3 Å². The van der Waals surface area contributed by atoms with Crippen molar-refractivity contribution in [2.45, 2.75) is 64.2 Å². The smallest absolute Gasteiger partial charge is 0.119 e. The molecule has 0 unspecified atom stereocenters. The highest BCUT2D eigenvalue weighted by Gasteiger charge is 2.05. The van der Waals surface area contributed by atoms with Crippen molar-refractivity contribution in [2.24, 2.45) is 0 Å². The summed E-state index contributed by atoms with van der Waals surface area (Å²) in [6.07, 6.45) is 13.4. The second-order valence-corrected chi connectivity index (χ2v) is 9.61. The number of rotatable bonds is 15. The Morgan fingerprint density at radius 1 is 0.645 bits per heavy atom. The zero-order valence-electron chi connectivity index (χ0n) is 19.9. The third-order valence-electron chi connectivity index (χ3n) is 5.69. The number of nitriles is 1. The lowest BCUT2D eigenvalue weighted by Crippen LogP contribution is -2.35. The molecule has 0 N–H and O–H groups in total. The first kappa shape index (κ1) is 25.0. The topological polar surface area (TPSA) is 33.0 Å². The van der Waals surface area contributed by atoms with E-state index in [4.69, 9.17) is 10.00 Å². The number of ether oxygens (including phenoxy) is 1. The van der Waals surface area contributed by atoms with Crippen LogP contribution in [0.3, 0.4) is 0 Å². The van der Waals surface area contributed by atoms with E-state index in [2.05, 4.69) is 39.3 Å². The molecule has 0 radical (unpaired) electrons. The summed E-state index contributed by atoms with van der Waals surface area (Å²) in [7, 11) is 6.83. The lowest BCUT2D eigenvalue weighted by molar-refractivity contribution is -0.870. The quantitative estimate of drug-likeness (QED) is 0.225.